The number of carbonyl (C=O) groups is 3. The molecule has 39 heavy (non-hydrogen) atoms. The topological polar surface area (TPSA) is 103 Å². The van der Waals surface area contributed by atoms with E-state index < -0.39 is 11.9 Å². The van der Waals surface area contributed by atoms with Gasteiger partial charge in [0.1, 0.15) is 6.54 Å². The maximum atomic E-state index is 13.6. The fraction of sp³-hybridized carbons (Fsp3) is 0.276. The molecule has 0 bridgehead atoms. The molecule has 0 radical (unpaired) electrons. The number of esters is 1. The Balaban J connectivity index is 1.62. The molecule has 4 rings (SSSR count). The number of carbonyl (C=O) groups excluding carboxylic acids is 3. The number of nitrogens with one attached hydrogen (secondary N) is 1. The van der Waals surface area contributed by atoms with Crippen LogP contribution >= 0.6 is 11.8 Å². The van der Waals surface area contributed by atoms with E-state index in [-0.39, 0.29) is 36.3 Å². The lowest BCUT2D eigenvalue weighted by atomic mass is 10.1. The van der Waals surface area contributed by atoms with Crippen LogP contribution < -0.4 is 24.4 Å². The minimum atomic E-state index is -0.533. The number of amides is 2. The Hall–Kier alpha value is -4.18. The van der Waals surface area contributed by atoms with Gasteiger partial charge in [-0.25, -0.2) is 4.79 Å². The number of anilines is 2. The summed E-state index contributed by atoms with van der Waals surface area (Å²) < 4.78 is 21.6. The van der Waals surface area contributed by atoms with Crippen LogP contribution in [-0.2, 0) is 14.3 Å². The van der Waals surface area contributed by atoms with Gasteiger partial charge >= 0.3 is 5.97 Å². The number of nitrogens with zero attached hydrogens (tertiary/aromatic N) is 1. The zero-order chi connectivity index (χ0) is 27.9. The van der Waals surface area contributed by atoms with Crippen LogP contribution in [0, 0.1) is 0 Å². The molecule has 9 nitrogen and oxygen atoms in total. The molecule has 1 aliphatic heterocycles. The Morgan fingerprint density at radius 3 is 2.31 bits per heavy atom. The summed E-state index contributed by atoms with van der Waals surface area (Å²) in [4.78, 5) is 41.4. The molecule has 0 spiro atoms. The van der Waals surface area contributed by atoms with Gasteiger partial charge in [0.2, 0.25) is 17.6 Å². The molecule has 0 aliphatic carbocycles. The van der Waals surface area contributed by atoms with Crippen molar-refractivity contribution in [2.75, 3.05) is 44.7 Å². The van der Waals surface area contributed by atoms with Crippen molar-refractivity contribution in [3.05, 3.63) is 71.8 Å². The van der Waals surface area contributed by atoms with Gasteiger partial charge in [0.25, 0.3) is 0 Å². The molecule has 1 aliphatic rings. The van der Waals surface area contributed by atoms with Gasteiger partial charge < -0.3 is 29.2 Å². The highest BCUT2D eigenvalue weighted by molar-refractivity contribution is 7.99. The number of hydrogen-bond acceptors (Lipinski definition) is 8. The van der Waals surface area contributed by atoms with Gasteiger partial charge in [0.05, 0.1) is 44.9 Å². The van der Waals surface area contributed by atoms with Crippen molar-refractivity contribution in [1.82, 2.24) is 0 Å². The van der Waals surface area contributed by atoms with E-state index in [0.717, 1.165) is 10.5 Å². The van der Waals surface area contributed by atoms with Gasteiger partial charge in [0.15, 0.2) is 11.5 Å². The zero-order valence-corrected chi connectivity index (χ0v) is 23.0. The number of para-hydroxylation sites is 2. The SMILES string of the molecule is CCOC(=O)c1ccccc1NC(=O)CN1C(=O)CC(c2cc(OC)c(OC)c(OC)c2)Sc2ccccc21. The molecule has 0 fully saturated rings. The normalized spacial score (nSPS) is 14.6. The minimum absolute atomic E-state index is 0.130. The Bertz CT molecular complexity index is 1350. The van der Waals surface area contributed by atoms with E-state index >= 15 is 0 Å². The quantitative estimate of drug-likeness (QED) is 0.367. The summed E-state index contributed by atoms with van der Waals surface area (Å²) in [6.07, 6.45) is 0.130. The summed E-state index contributed by atoms with van der Waals surface area (Å²) in [6.45, 7) is 1.70. The molecule has 1 unspecified atom stereocenters. The van der Waals surface area contributed by atoms with Crippen LogP contribution in [0.15, 0.2) is 65.6 Å². The van der Waals surface area contributed by atoms with Crippen LogP contribution in [0.2, 0.25) is 0 Å². The molecule has 2 amide bonds. The maximum absolute atomic E-state index is 13.6. The summed E-state index contributed by atoms with van der Waals surface area (Å²) in [5, 5.41) is 2.49. The fourth-order valence-electron chi connectivity index (χ4n) is 4.34. The van der Waals surface area contributed by atoms with E-state index in [1.807, 2.05) is 36.4 Å². The lowest BCUT2D eigenvalue weighted by Gasteiger charge is -2.22. The first-order chi connectivity index (χ1) is 18.9. The molecule has 1 N–H and O–H groups in total. The number of rotatable bonds is 9. The second kappa shape index (κ2) is 12.6. The molecule has 0 saturated heterocycles. The maximum Gasteiger partial charge on any atom is 0.340 e. The first-order valence-electron chi connectivity index (χ1n) is 12.3. The van der Waals surface area contributed by atoms with Crippen molar-refractivity contribution >= 4 is 40.9 Å². The summed E-state index contributed by atoms with van der Waals surface area (Å²) in [6, 6.07) is 17.7. The van der Waals surface area contributed by atoms with Gasteiger partial charge in [-0.2, -0.15) is 0 Å². The molecule has 10 heteroatoms. The highest BCUT2D eigenvalue weighted by Crippen LogP contribution is 2.49. The fourth-order valence-corrected chi connectivity index (χ4v) is 5.60. The monoisotopic (exact) mass is 550 g/mol. The summed E-state index contributed by atoms with van der Waals surface area (Å²) in [5.41, 5.74) is 2.03. The molecule has 3 aromatic rings. The van der Waals surface area contributed by atoms with Crippen molar-refractivity contribution in [2.45, 2.75) is 23.5 Å². The minimum Gasteiger partial charge on any atom is -0.493 e. The van der Waals surface area contributed by atoms with Gasteiger partial charge in [-0.15, -0.1) is 11.8 Å². The third-order valence-corrected chi connectivity index (χ3v) is 7.47. The van der Waals surface area contributed by atoms with Crippen molar-refractivity contribution in [1.29, 1.82) is 0 Å². The Morgan fingerprint density at radius 2 is 1.64 bits per heavy atom. The lowest BCUT2D eigenvalue weighted by Crippen LogP contribution is -2.38. The molecule has 1 atom stereocenters. The van der Waals surface area contributed by atoms with Gasteiger partial charge in [-0.05, 0) is 48.9 Å². The number of benzene rings is 3. The summed E-state index contributed by atoms with van der Waals surface area (Å²) in [5.74, 6) is 0.263. The third-order valence-electron chi connectivity index (χ3n) is 6.14. The number of fused-ring (bicyclic) bond motifs is 1. The van der Waals surface area contributed by atoms with Gasteiger partial charge in [0, 0.05) is 16.6 Å². The summed E-state index contributed by atoms with van der Waals surface area (Å²) >= 11 is 1.53. The predicted molar refractivity (Wildman–Crippen MR) is 149 cm³/mol. The molecule has 3 aromatic carbocycles. The Morgan fingerprint density at radius 1 is 0.974 bits per heavy atom. The van der Waals surface area contributed by atoms with Crippen molar-refractivity contribution in [2.24, 2.45) is 0 Å². The number of methoxy groups -OCH3 is 3. The first kappa shape index (κ1) is 27.8. The van der Waals surface area contributed by atoms with E-state index in [9.17, 15) is 14.4 Å². The van der Waals surface area contributed by atoms with Crippen LogP contribution in [-0.4, -0.2) is 52.3 Å². The van der Waals surface area contributed by atoms with Crippen molar-refractivity contribution in [3.63, 3.8) is 0 Å². The molecular formula is C29H30N2O7S. The third kappa shape index (κ3) is 6.12. The second-order valence-corrected chi connectivity index (χ2v) is 9.78. The van der Waals surface area contributed by atoms with Crippen LogP contribution in [0.25, 0.3) is 0 Å². The largest absolute Gasteiger partial charge is 0.493 e. The van der Waals surface area contributed by atoms with Crippen LogP contribution in [0.1, 0.15) is 34.5 Å². The molecule has 0 aromatic heterocycles. The average Bonchev–Trinajstić information content (AvgIpc) is 3.08. The van der Waals surface area contributed by atoms with Crippen LogP contribution in [0.4, 0.5) is 11.4 Å². The summed E-state index contributed by atoms with van der Waals surface area (Å²) in [7, 11) is 4.62. The molecule has 1 heterocycles. The highest BCUT2D eigenvalue weighted by atomic mass is 32.2. The molecular weight excluding hydrogens is 520 g/mol. The first-order valence-corrected chi connectivity index (χ1v) is 13.2. The van der Waals surface area contributed by atoms with E-state index in [0.29, 0.717) is 28.6 Å². The average molecular weight is 551 g/mol. The van der Waals surface area contributed by atoms with E-state index in [2.05, 4.69) is 5.32 Å². The van der Waals surface area contributed by atoms with Crippen molar-refractivity contribution < 1.29 is 33.3 Å². The number of thioether (sulfide) groups is 1. The second-order valence-electron chi connectivity index (χ2n) is 8.53. The molecule has 204 valence electrons. The smallest absolute Gasteiger partial charge is 0.340 e. The highest BCUT2D eigenvalue weighted by Gasteiger charge is 2.32. The number of hydrogen-bond donors (Lipinski definition) is 1. The van der Waals surface area contributed by atoms with E-state index in [1.165, 1.54) is 23.8 Å². The number of ether oxygens (including phenoxy) is 4. The van der Waals surface area contributed by atoms with Crippen molar-refractivity contribution in [3.8, 4) is 17.2 Å². The van der Waals surface area contributed by atoms with E-state index in [1.54, 1.807) is 45.4 Å². The van der Waals surface area contributed by atoms with Gasteiger partial charge in [-0.3, -0.25) is 9.59 Å². The lowest BCUT2D eigenvalue weighted by molar-refractivity contribution is -0.121. The zero-order valence-electron chi connectivity index (χ0n) is 22.2. The molecule has 0 saturated carbocycles. The standard InChI is InChI=1S/C29H30N2O7S/c1-5-38-29(34)19-10-6-7-11-20(19)30-26(32)17-31-21-12-8-9-13-24(21)39-25(16-27(31)33)18-14-22(35-2)28(37-4)23(15-18)36-3/h6-15,25H,5,16-17H2,1-4H3,(H,30,32). The van der Waals surface area contributed by atoms with Crippen LogP contribution in [0.5, 0.6) is 17.2 Å². The van der Waals surface area contributed by atoms with Crippen LogP contribution in [0.3, 0.4) is 0 Å². The Kier molecular flexibility index (Phi) is 8.98. The van der Waals surface area contributed by atoms with E-state index in [4.69, 9.17) is 18.9 Å². The van der Waals surface area contributed by atoms with Gasteiger partial charge in [-0.1, -0.05) is 24.3 Å². The predicted octanol–water partition coefficient (Wildman–Crippen LogP) is 5.10. The Labute approximate surface area is 231 Å².